The Bertz CT molecular complexity index is 7540. The van der Waals surface area contributed by atoms with Gasteiger partial charge >= 0.3 is 0 Å². The first kappa shape index (κ1) is 73.8. The highest BCUT2D eigenvalue weighted by Crippen LogP contribution is 2.50. The topological polar surface area (TPSA) is 192 Å². The van der Waals surface area contributed by atoms with Gasteiger partial charge in [-0.05, 0) is 218 Å². The molecule has 0 saturated carbocycles. The standard InChI is InChI=1S/C25H16BrN3.C22H16BrN3.C19H14BrN3.C19H12BrN3.C17H10BrN3/c26-25-28-23(22-12-7-13-27-24(22)29-25)21-15-19(17-8-3-1-4-9-17)14-20(16-21)18-10-5-2-6-11-18;1-22(2)17-8-4-3-6-14(17)15-10-9-13(12-18(15)22)19-16-7-5-11-24-20(16)26-21(23)25-19;2*20-15-10-8-14(9-11-15)18-22-17(13-5-2-1-3-6-13)16-7-4-12-21-19(16)23-18;18-17-20-15(14-6-3-9-19-16(14)21-17)13-8-7-11-4-1-2-5-12(11)10-13/h1-16H;3-12H,1-2H3;1-12,17H,(H,21,22,23);1-12H;1-10H/i;;;1D,2D,3D,5D,6D;. The molecule has 0 bridgehead atoms. The van der Waals surface area contributed by atoms with Crippen molar-refractivity contribution in [2.45, 2.75) is 25.3 Å². The van der Waals surface area contributed by atoms with E-state index in [4.69, 9.17) is 16.8 Å². The fraction of sp³-hybridized carbons (Fsp3) is 0.0392. The molecule has 11 aromatic carbocycles. The van der Waals surface area contributed by atoms with Gasteiger partial charge in [0.05, 0.1) is 29.6 Å². The molecule has 1 aliphatic heterocycles. The zero-order valence-electron chi connectivity index (χ0n) is 70.0. The first-order valence-corrected chi connectivity index (χ1v) is 42.7. The summed E-state index contributed by atoms with van der Waals surface area (Å²) in [5, 5.41) is 9.13. The minimum Gasteiger partial charge on any atom is -0.324 e. The summed E-state index contributed by atoms with van der Waals surface area (Å²) < 4.78 is 43.9. The zero-order valence-corrected chi connectivity index (χ0v) is 72.9. The number of hydrogen-bond acceptors (Lipinski definition) is 15. The lowest BCUT2D eigenvalue weighted by molar-refractivity contribution is 0.660. The molecule has 20 heteroatoms. The Balaban J connectivity index is 0.000000108. The monoisotopic (exact) mass is 1900 g/mol. The van der Waals surface area contributed by atoms with E-state index in [0.29, 0.717) is 48.0 Å². The van der Waals surface area contributed by atoms with Crippen LogP contribution in [0, 0.1) is 0 Å². The zero-order chi connectivity index (χ0) is 87.4. The predicted molar refractivity (Wildman–Crippen MR) is 510 cm³/mol. The number of fused-ring (bicyclic) bond motifs is 9. The van der Waals surface area contributed by atoms with E-state index in [1.165, 1.54) is 44.2 Å². The number of anilines is 1. The van der Waals surface area contributed by atoms with Crippen LogP contribution in [0.2, 0.25) is 0 Å². The quantitative estimate of drug-likeness (QED) is 0.134. The number of nitrogens with one attached hydrogen (secondary N) is 1. The molecule has 1 atom stereocenters. The van der Waals surface area contributed by atoms with Crippen LogP contribution in [0.3, 0.4) is 0 Å². The maximum atomic E-state index is 8.29. The number of benzene rings is 11. The van der Waals surface area contributed by atoms with E-state index in [-0.39, 0.29) is 34.8 Å². The van der Waals surface area contributed by atoms with Crippen molar-refractivity contribution in [3.63, 3.8) is 0 Å². The van der Waals surface area contributed by atoms with Gasteiger partial charge in [-0.25, -0.2) is 64.8 Å². The number of nitrogens with zero attached hydrogens (tertiary/aromatic N) is 14. The second-order valence-electron chi connectivity index (χ2n) is 28.8. The van der Waals surface area contributed by atoms with Crippen LogP contribution >= 0.6 is 79.6 Å². The van der Waals surface area contributed by atoms with E-state index < -0.39 is 18.1 Å². The van der Waals surface area contributed by atoms with Crippen LogP contribution < -0.4 is 5.32 Å². The summed E-state index contributed by atoms with van der Waals surface area (Å²) in [6.45, 7) is 4.58. The lowest BCUT2D eigenvalue weighted by Crippen LogP contribution is -2.23. The largest absolute Gasteiger partial charge is 0.324 e. The van der Waals surface area contributed by atoms with Gasteiger partial charge in [0, 0.05) is 106 Å². The normalized spacial score (nSPS) is 13.2. The first-order valence-electron chi connectivity index (χ1n) is 41.3. The van der Waals surface area contributed by atoms with Crippen LogP contribution in [-0.4, -0.2) is 70.6 Å². The Hall–Kier alpha value is -13.3. The molecular formula is C102H68Br5N15. The lowest BCUT2D eigenvalue weighted by atomic mass is 9.82. The molecule has 586 valence electrons. The van der Waals surface area contributed by atoms with Crippen LogP contribution in [0.4, 0.5) is 5.82 Å². The highest BCUT2D eigenvalue weighted by atomic mass is 79.9. The SMILES string of the molecule is Brc1ccc(C2=NC(c3ccccc3)c3cccnc3N2)cc1.Brc1nc(-c2cc(-c3ccccc3)cc(-c3ccccc3)c2)c2cccnc2n1.Brc1nc(-c2ccc3ccccc3c2)c2cccnc2n1.CC1(C)c2ccccc2-c2ccc(-c3nc(Br)nc4ncccc34)cc21.[2H]c1c([2H])c([2H])c(-c2nc(-c3ccc(Br)cc3)nc3ncccc23)c([2H])c1[2H]. The number of halogens is 5. The van der Waals surface area contributed by atoms with Crippen LogP contribution in [0.25, 0.3) is 145 Å². The highest BCUT2D eigenvalue weighted by molar-refractivity contribution is 9.11. The van der Waals surface area contributed by atoms with E-state index in [0.717, 1.165) is 104 Å². The molecule has 1 unspecified atom stereocenters. The Labute approximate surface area is 752 Å². The molecule has 9 aromatic heterocycles. The van der Waals surface area contributed by atoms with Gasteiger partial charge in [-0.1, -0.05) is 270 Å². The third-order valence-corrected chi connectivity index (χ3v) is 22.9. The summed E-state index contributed by atoms with van der Waals surface area (Å²) in [6, 6.07) is 101. The third-order valence-electron chi connectivity index (χ3n) is 20.8. The summed E-state index contributed by atoms with van der Waals surface area (Å²) in [4.78, 5) is 62.9. The number of hydrogen-bond donors (Lipinski definition) is 1. The van der Waals surface area contributed by atoms with Gasteiger partial charge in [0.25, 0.3) is 0 Å². The summed E-state index contributed by atoms with van der Waals surface area (Å²) in [6.07, 6.45) is 8.64. The van der Waals surface area contributed by atoms with Crippen LogP contribution in [0.1, 0.15) is 54.6 Å². The molecule has 0 amide bonds. The van der Waals surface area contributed by atoms with Gasteiger partial charge in [-0.15, -0.1) is 0 Å². The number of pyridine rings is 5. The Morgan fingerprint density at radius 3 is 1.31 bits per heavy atom. The minimum atomic E-state index is -0.441. The molecule has 15 nitrogen and oxygen atoms in total. The molecule has 1 N–H and O–H groups in total. The molecule has 0 radical (unpaired) electrons. The van der Waals surface area contributed by atoms with Crippen molar-refractivity contribution in [1.82, 2.24) is 64.8 Å². The van der Waals surface area contributed by atoms with Crippen molar-refractivity contribution < 1.29 is 6.85 Å². The van der Waals surface area contributed by atoms with E-state index in [1.54, 1.807) is 43.1 Å². The molecule has 20 aromatic rings. The van der Waals surface area contributed by atoms with Crippen molar-refractivity contribution in [2.24, 2.45) is 4.99 Å². The smallest absolute Gasteiger partial charge is 0.199 e. The Morgan fingerprint density at radius 2 is 0.746 bits per heavy atom. The van der Waals surface area contributed by atoms with E-state index in [1.807, 2.05) is 133 Å². The average molecular weight is 1910 g/mol. The molecule has 2 aliphatic rings. The maximum absolute atomic E-state index is 8.29. The summed E-state index contributed by atoms with van der Waals surface area (Å²) in [5.74, 6) is 2.08. The van der Waals surface area contributed by atoms with Crippen molar-refractivity contribution in [3.8, 4) is 89.8 Å². The number of amidine groups is 1. The molecule has 1 aliphatic carbocycles. The van der Waals surface area contributed by atoms with Gasteiger partial charge in [-0.2, -0.15) is 0 Å². The summed E-state index contributed by atoms with van der Waals surface area (Å²) in [7, 11) is 0. The molecular weight excluding hydrogens is 1830 g/mol. The summed E-state index contributed by atoms with van der Waals surface area (Å²) in [5.41, 5.74) is 22.6. The van der Waals surface area contributed by atoms with Crippen molar-refractivity contribution in [3.05, 3.63) is 415 Å². The minimum absolute atomic E-state index is 0.0275. The van der Waals surface area contributed by atoms with Crippen molar-refractivity contribution in [2.75, 3.05) is 5.32 Å². The first-order chi connectivity index (χ1) is 61.8. The van der Waals surface area contributed by atoms with Crippen molar-refractivity contribution in [1.29, 1.82) is 0 Å². The number of aliphatic imine (C=N–C) groups is 1. The maximum Gasteiger partial charge on any atom is 0.199 e. The summed E-state index contributed by atoms with van der Waals surface area (Å²) >= 11 is 17.1. The van der Waals surface area contributed by atoms with Gasteiger partial charge in [0.15, 0.2) is 42.6 Å². The van der Waals surface area contributed by atoms with Crippen molar-refractivity contribution >= 4 is 146 Å². The van der Waals surface area contributed by atoms with Crippen LogP contribution in [0.5, 0.6) is 0 Å². The van der Waals surface area contributed by atoms with Crippen LogP contribution in [0.15, 0.2) is 393 Å². The third kappa shape index (κ3) is 17.4. The Kier molecular flexibility index (Phi) is 21.7. The van der Waals surface area contributed by atoms with Gasteiger partial charge in [0.2, 0.25) is 0 Å². The fourth-order valence-corrected chi connectivity index (χ4v) is 16.6. The molecule has 0 saturated heterocycles. The second-order valence-corrected chi connectivity index (χ2v) is 32.8. The molecule has 22 rings (SSSR count). The van der Waals surface area contributed by atoms with Gasteiger partial charge in [-0.3, -0.25) is 4.99 Å². The second kappa shape index (κ2) is 35.9. The molecule has 10 heterocycles. The average Bonchev–Trinajstić information content (AvgIpc) is 1.27. The Morgan fingerprint density at radius 1 is 0.311 bits per heavy atom. The highest BCUT2D eigenvalue weighted by Gasteiger charge is 2.36. The fourth-order valence-electron chi connectivity index (χ4n) is 15.0. The number of rotatable bonds is 9. The van der Waals surface area contributed by atoms with E-state index in [9.17, 15) is 0 Å². The molecule has 0 spiro atoms. The molecule has 122 heavy (non-hydrogen) atoms. The van der Waals surface area contributed by atoms with Gasteiger partial charge in [0.1, 0.15) is 17.7 Å². The van der Waals surface area contributed by atoms with E-state index >= 15 is 0 Å². The molecule has 0 fully saturated rings. The predicted octanol–water partition coefficient (Wildman–Crippen LogP) is 27.1. The van der Waals surface area contributed by atoms with E-state index in [2.05, 4.69) is 316 Å². The number of aromatic nitrogens is 13. The van der Waals surface area contributed by atoms with Crippen LogP contribution in [-0.2, 0) is 5.41 Å². The van der Waals surface area contributed by atoms with Gasteiger partial charge < -0.3 is 5.32 Å². The lowest BCUT2D eigenvalue weighted by Gasteiger charge is -2.24.